The fourth-order valence-corrected chi connectivity index (χ4v) is 3.37. The van der Waals surface area contributed by atoms with Gasteiger partial charge in [-0.25, -0.2) is 0 Å². The summed E-state index contributed by atoms with van der Waals surface area (Å²) in [5.41, 5.74) is 6.24. The molecule has 0 aliphatic heterocycles. The molecule has 3 aromatic carbocycles. The summed E-state index contributed by atoms with van der Waals surface area (Å²) < 4.78 is 0. The van der Waals surface area contributed by atoms with Crippen molar-refractivity contribution >= 4 is 16.6 Å². The first-order valence-corrected chi connectivity index (χ1v) is 9.67. The van der Waals surface area contributed by atoms with Gasteiger partial charge in [0.15, 0.2) is 0 Å². The topological polar surface area (TPSA) is 60.7 Å². The number of fused-ring (bicyclic) bond motifs is 1. The fourth-order valence-electron chi connectivity index (χ4n) is 3.37. The van der Waals surface area contributed by atoms with Crippen LogP contribution >= 0.6 is 0 Å². The SMILES string of the molecule is N#Cc1ccc2c(NCc3cccc(CNCc4ccccc4)c3)ccnc2c1. The van der Waals surface area contributed by atoms with E-state index in [0.717, 1.165) is 36.2 Å². The summed E-state index contributed by atoms with van der Waals surface area (Å²) in [4.78, 5) is 4.38. The van der Waals surface area contributed by atoms with E-state index in [2.05, 4.69) is 70.2 Å². The standard InChI is InChI=1S/C25H22N4/c26-15-20-9-10-23-24(11-12-28-25(23)14-20)29-18-22-8-4-7-21(13-22)17-27-16-19-5-2-1-3-6-19/h1-14,27H,16-18H2,(H,28,29). The second-order valence-corrected chi connectivity index (χ2v) is 6.96. The van der Waals surface area contributed by atoms with Gasteiger partial charge in [0, 0.05) is 36.9 Å². The minimum atomic E-state index is 0.623. The minimum Gasteiger partial charge on any atom is -0.380 e. The number of anilines is 1. The number of hydrogen-bond acceptors (Lipinski definition) is 4. The van der Waals surface area contributed by atoms with Crippen LogP contribution in [0.5, 0.6) is 0 Å². The van der Waals surface area contributed by atoms with Crippen LogP contribution in [0.4, 0.5) is 5.69 Å². The van der Waals surface area contributed by atoms with E-state index in [1.54, 1.807) is 6.20 Å². The normalized spacial score (nSPS) is 10.6. The van der Waals surface area contributed by atoms with Gasteiger partial charge < -0.3 is 10.6 Å². The molecule has 4 rings (SSSR count). The largest absolute Gasteiger partial charge is 0.380 e. The van der Waals surface area contributed by atoms with Crippen LogP contribution in [-0.2, 0) is 19.6 Å². The molecule has 0 radical (unpaired) electrons. The smallest absolute Gasteiger partial charge is 0.0992 e. The van der Waals surface area contributed by atoms with Crippen molar-refractivity contribution in [1.82, 2.24) is 10.3 Å². The van der Waals surface area contributed by atoms with Crippen LogP contribution in [0.25, 0.3) is 10.9 Å². The quantitative estimate of drug-likeness (QED) is 0.475. The van der Waals surface area contributed by atoms with Gasteiger partial charge in [-0.2, -0.15) is 5.26 Å². The number of nitrogens with zero attached hydrogens (tertiary/aromatic N) is 2. The number of hydrogen-bond donors (Lipinski definition) is 2. The van der Waals surface area contributed by atoms with Gasteiger partial charge in [-0.1, -0.05) is 54.6 Å². The van der Waals surface area contributed by atoms with E-state index in [4.69, 9.17) is 5.26 Å². The lowest BCUT2D eigenvalue weighted by atomic mass is 10.1. The summed E-state index contributed by atoms with van der Waals surface area (Å²) in [6, 6.07) is 28.8. The molecular weight excluding hydrogens is 356 g/mol. The van der Waals surface area contributed by atoms with Crippen LogP contribution < -0.4 is 10.6 Å². The second-order valence-electron chi connectivity index (χ2n) is 6.96. The Morgan fingerprint density at radius 1 is 0.759 bits per heavy atom. The van der Waals surface area contributed by atoms with Gasteiger partial charge in [0.1, 0.15) is 0 Å². The molecule has 0 atom stereocenters. The van der Waals surface area contributed by atoms with Crippen molar-refractivity contribution in [3.63, 3.8) is 0 Å². The molecule has 142 valence electrons. The Balaban J connectivity index is 1.40. The molecule has 0 bridgehead atoms. The lowest BCUT2D eigenvalue weighted by Gasteiger charge is -2.11. The minimum absolute atomic E-state index is 0.623. The molecule has 29 heavy (non-hydrogen) atoms. The van der Waals surface area contributed by atoms with Crippen molar-refractivity contribution in [3.05, 3.63) is 107 Å². The molecule has 0 amide bonds. The molecule has 1 aromatic heterocycles. The maximum atomic E-state index is 9.07. The molecule has 1 heterocycles. The van der Waals surface area contributed by atoms with E-state index in [9.17, 15) is 0 Å². The van der Waals surface area contributed by atoms with Crippen molar-refractivity contribution in [2.24, 2.45) is 0 Å². The van der Waals surface area contributed by atoms with E-state index in [1.165, 1.54) is 16.7 Å². The number of rotatable bonds is 7. The monoisotopic (exact) mass is 378 g/mol. The zero-order chi connectivity index (χ0) is 19.9. The van der Waals surface area contributed by atoms with Crippen molar-refractivity contribution < 1.29 is 0 Å². The van der Waals surface area contributed by atoms with E-state index in [0.29, 0.717) is 5.56 Å². The molecule has 0 aliphatic carbocycles. The Bertz CT molecular complexity index is 1150. The molecule has 4 aromatic rings. The molecule has 0 spiro atoms. The van der Waals surface area contributed by atoms with E-state index < -0.39 is 0 Å². The van der Waals surface area contributed by atoms with Crippen molar-refractivity contribution in [2.75, 3.05) is 5.32 Å². The molecule has 0 saturated heterocycles. The van der Waals surface area contributed by atoms with E-state index in [-0.39, 0.29) is 0 Å². The van der Waals surface area contributed by atoms with Crippen LogP contribution in [0.2, 0.25) is 0 Å². The fraction of sp³-hybridized carbons (Fsp3) is 0.120. The summed E-state index contributed by atoms with van der Waals surface area (Å²) in [5.74, 6) is 0. The van der Waals surface area contributed by atoms with Crippen LogP contribution in [-0.4, -0.2) is 4.98 Å². The van der Waals surface area contributed by atoms with Gasteiger partial charge in [-0.3, -0.25) is 4.98 Å². The molecule has 0 aliphatic rings. The molecule has 4 heteroatoms. The Hall–Kier alpha value is -3.68. The summed E-state index contributed by atoms with van der Waals surface area (Å²) in [7, 11) is 0. The van der Waals surface area contributed by atoms with Gasteiger partial charge in [0.05, 0.1) is 17.1 Å². The molecule has 0 unspecified atom stereocenters. The highest BCUT2D eigenvalue weighted by Gasteiger charge is 2.04. The number of aromatic nitrogens is 1. The van der Waals surface area contributed by atoms with Crippen LogP contribution in [0, 0.1) is 11.3 Å². The van der Waals surface area contributed by atoms with Crippen LogP contribution in [0.3, 0.4) is 0 Å². The lowest BCUT2D eigenvalue weighted by molar-refractivity contribution is 0.693. The highest BCUT2D eigenvalue weighted by atomic mass is 14.9. The Labute approximate surface area is 170 Å². The average molecular weight is 378 g/mol. The van der Waals surface area contributed by atoms with Crippen molar-refractivity contribution in [3.8, 4) is 6.07 Å². The number of nitriles is 1. The summed E-state index contributed by atoms with van der Waals surface area (Å²) in [6.45, 7) is 2.42. The highest BCUT2D eigenvalue weighted by molar-refractivity contribution is 5.91. The lowest BCUT2D eigenvalue weighted by Crippen LogP contribution is -2.12. The maximum absolute atomic E-state index is 9.07. The van der Waals surface area contributed by atoms with E-state index >= 15 is 0 Å². The third kappa shape index (κ3) is 4.78. The van der Waals surface area contributed by atoms with Crippen LogP contribution in [0.15, 0.2) is 85.1 Å². The molecule has 4 nitrogen and oxygen atoms in total. The summed E-state index contributed by atoms with van der Waals surface area (Å²) in [5, 5.41) is 17.1. The number of pyridine rings is 1. The zero-order valence-electron chi connectivity index (χ0n) is 16.1. The van der Waals surface area contributed by atoms with Gasteiger partial charge in [0.2, 0.25) is 0 Å². The Morgan fingerprint density at radius 3 is 2.34 bits per heavy atom. The van der Waals surface area contributed by atoms with Gasteiger partial charge >= 0.3 is 0 Å². The molecule has 0 saturated carbocycles. The number of benzene rings is 3. The van der Waals surface area contributed by atoms with Crippen molar-refractivity contribution in [2.45, 2.75) is 19.6 Å². The number of nitrogens with one attached hydrogen (secondary N) is 2. The third-order valence-corrected chi connectivity index (χ3v) is 4.85. The first-order valence-electron chi connectivity index (χ1n) is 9.67. The first kappa shape index (κ1) is 18.7. The summed E-state index contributed by atoms with van der Waals surface area (Å²) >= 11 is 0. The van der Waals surface area contributed by atoms with Crippen LogP contribution in [0.1, 0.15) is 22.3 Å². The maximum Gasteiger partial charge on any atom is 0.0992 e. The Kier molecular flexibility index (Phi) is 5.80. The van der Waals surface area contributed by atoms with Crippen molar-refractivity contribution in [1.29, 1.82) is 5.26 Å². The first-order chi connectivity index (χ1) is 14.3. The molecule has 0 fully saturated rings. The van der Waals surface area contributed by atoms with Gasteiger partial charge in [-0.05, 0) is 41.0 Å². The Morgan fingerprint density at radius 2 is 1.52 bits per heavy atom. The predicted octanol–water partition coefficient (Wildman–Crippen LogP) is 5.01. The summed E-state index contributed by atoms with van der Waals surface area (Å²) in [6.07, 6.45) is 1.77. The molecule has 2 N–H and O–H groups in total. The second kappa shape index (κ2) is 9.01. The average Bonchev–Trinajstić information content (AvgIpc) is 2.78. The third-order valence-electron chi connectivity index (χ3n) is 4.85. The van der Waals surface area contributed by atoms with Gasteiger partial charge in [0.25, 0.3) is 0 Å². The molecular formula is C25H22N4. The van der Waals surface area contributed by atoms with E-state index in [1.807, 2.05) is 30.3 Å². The predicted molar refractivity (Wildman–Crippen MR) is 117 cm³/mol. The van der Waals surface area contributed by atoms with Gasteiger partial charge in [-0.15, -0.1) is 0 Å². The zero-order valence-corrected chi connectivity index (χ0v) is 16.1. The highest BCUT2D eigenvalue weighted by Crippen LogP contribution is 2.23.